The summed E-state index contributed by atoms with van der Waals surface area (Å²) in [5, 5.41) is 2.94. The Hall–Kier alpha value is -2.58. The fourth-order valence-corrected chi connectivity index (χ4v) is 3.91. The molecule has 0 unspecified atom stereocenters. The van der Waals surface area contributed by atoms with Crippen molar-refractivity contribution in [3.63, 3.8) is 0 Å². The van der Waals surface area contributed by atoms with Gasteiger partial charge >= 0.3 is 0 Å². The fraction of sp³-hybridized carbons (Fsp3) is 0.211. The van der Waals surface area contributed by atoms with Gasteiger partial charge in [0.1, 0.15) is 11.3 Å². The first-order valence-corrected chi connectivity index (χ1v) is 10.4. The first kappa shape index (κ1) is 20.2. The van der Waals surface area contributed by atoms with Crippen LogP contribution < -0.4 is 5.32 Å². The third kappa shape index (κ3) is 4.28. The van der Waals surface area contributed by atoms with Crippen LogP contribution in [0.25, 0.3) is 11.0 Å². The third-order valence-corrected chi connectivity index (χ3v) is 6.20. The molecule has 3 rings (SSSR count). The minimum atomic E-state index is -3.59. The van der Waals surface area contributed by atoms with Crippen molar-refractivity contribution in [3.8, 4) is 0 Å². The van der Waals surface area contributed by atoms with Crippen LogP contribution in [0.2, 0.25) is 5.02 Å². The molecule has 0 spiro atoms. The van der Waals surface area contributed by atoms with Gasteiger partial charge in [-0.1, -0.05) is 11.6 Å². The van der Waals surface area contributed by atoms with E-state index in [2.05, 4.69) is 15.3 Å². The Kier molecular flexibility index (Phi) is 5.62. The highest BCUT2D eigenvalue weighted by Crippen LogP contribution is 2.19. The normalized spacial score (nSPS) is 11.6. The Morgan fingerprint density at radius 3 is 2.43 bits per heavy atom. The molecule has 0 saturated heterocycles. The lowest BCUT2D eigenvalue weighted by Crippen LogP contribution is -2.29. The lowest BCUT2D eigenvalue weighted by Gasteiger charge is -2.10. The van der Waals surface area contributed by atoms with Crippen LogP contribution in [-0.4, -0.2) is 36.6 Å². The van der Waals surface area contributed by atoms with Gasteiger partial charge in [-0.05, 0) is 44.2 Å². The van der Waals surface area contributed by atoms with Crippen molar-refractivity contribution in [2.75, 3.05) is 12.3 Å². The van der Waals surface area contributed by atoms with Gasteiger partial charge in [0, 0.05) is 17.6 Å². The summed E-state index contributed by atoms with van der Waals surface area (Å²) in [5.74, 6) is -1.55. The van der Waals surface area contributed by atoms with Crippen LogP contribution in [0, 0.1) is 19.7 Å². The molecule has 0 radical (unpaired) electrons. The van der Waals surface area contributed by atoms with Crippen LogP contribution in [0.4, 0.5) is 4.39 Å². The number of hydrogen-bond acceptors (Lipinski definition) is 5. The molecular formula is C19H17ClFN3O3S. The van der Waals surface area contributed by atoms with Gasteiger partial charge in [0.15, 0.2) is 9.84 Å². The number of carbonyl (C=O) groups is 1. The van der Waals surface area contributed by atoms with Gasteiger partial charge in [-0.25, -0.2) is 22.8 Å². The Labute approximate surface area is 166 Å². The molecule has 2 aromatic carbocycles. The first-order chi connectivity index (χ1) is 13.2. The number of aromatic nitrogens is 2. The van der Waals surface area contributed by atoms with E-state index in [4.69, 9.17) is 11.6 Å². The Morgan fingerprint density at radius 2 is 1.75 bits per heavy atom. The second-order valence-electron chi connectivity index (χ2n) is 6.24. The van der Waals surface area contributed by atoms with Crippen molar-refractivity contribution in [1.29, 1.82) is 0 Å². The fourth-order valence-electron chi connectivity index (χ4n) is 2.62. The van der Waals surface area contributed by atoms with Crippen molar-refractivity contribution < 1.29 is 17.6 Å². The Balaban J connectivity index is 1.78. The summed E-state index contributed by atoms with van der Waals surface area (Å²) in [6.45, 7) is 3.35. The van der Waals surface area contributed by atoms with E-state index in [1.165, 1.54) is 30.3 Å². The van der Waals surface area contributed by atoms with Crippen molar-refractivity contribution in [2.45, 2.75) is 18.7 Å². The molecule has 1 N–H and O–H groups in total. The lowest BCUT2D eigenvalue weighted by molar-refractivity contribution is 0.0957. The van der Waals surface area contributed by atoms with Gasteiger partial charge in [0.2, 0.25) is 0 Å². The van der Waals surface area contributed by atoms with Crippen LogP contribution >= 0.6 is 11.6 Å². The highest BCUT2D eigenvalue weighted by atomic mass is 35.5. The van der Waals surface area contributed by atoms with Crippen LogP contribution in [0.1, 0.15) is 21.7 Å². The van der Waals surface area contributed by atoms with Crippen molar-refractivity contribution >= 4 is 38.4 Å². The van der Waals surface area contributed by atoms with Crippen molar-refractivity contribution in [2.24, 2.45) is 0 Å². The van der Waals surface area contributed by atoms with Gasteiger partial charge in [0.05, 0.1) is 33.1 Å². The average molecular weight is 422 g/mol. The standard InChI is InChI=1S/C19H17ClFN3O3S/c1-11-12(2)24-18-16(9-14(21)10-17(18)23-11)19(25)22-7-8-28(26,27)15-5-3-13(20)4-6-15/h3-6,9-10H,7-8H2,1-2H3,(H,22,25). The quantitative estimate of drug-likeness (QED) is 0.683. The summed E-state index contributed by atoms with van der Waals surface area (Å²) >= 11 is 5.76. The highest BCUT2D eigenvalue weighted by Gasteiger charge is 2.18. The molecule has 0 atom stereocenters. The van der Waals surface area contributed by atoms with E-state index in [1.54, 1.807) is 13.8 Å². The number of rotatable bonds is 5. The van der Waals surface area contributed by atoms with E-state index < -0.39 is 21.6 Å². The number of benzene rings is 2. The van der Waals surface area contributed by atoms with Crippen molar-refractivity contribution in [1.82, 2.24) is 15.3 Å². The molecule has 1 heterocycles. The summed E-state index contributed by atoms with van der Waals surface area (Å²) in [5.41, 5.74) is 1.80. The molecule has 0 aliphatic heterocycles. The predicted molar refractivity (Wildman–Crippen MR) is 105 cm³/mol. The van der Waals surface area contributed by atoms with Crippen LogP contribution in [0.15, 0.2) is 41.3 Å². The number of hydrogen-bond donors (Lipinski definition) is 1. The minimum Gasteiger partial charge on any atom is -0.351 e. The molecule has 0 saturated carbocycles. The summed E-state index contributed by atoms with van der Waals surface area (Å²) in [6, 6.07) is 8.04. The van der Waals surface area contributed by atoms with Crippen LogP contribution in [-0.2, 0) is 9.84 Å². The van der Waals surface area contributed by atoms with Crippen LogP contribution in [0.3, 0.4) is 0 Å². The van der Waals surface area contributed by atoms with Gasteiger partial charge < -0.3 is 5.32 Å². The number of halogens is 2. The number of amides is 1. The SMILES string of the molecule is Cc1nc2cc(F)cc(C(=O)NCCS(=O)(=O)c3ccc(Cl)cc3)c2nc1C. The highest BCUT2D eigenvalue weighted by molar-refractivity contribution is 7.91. The monoisotopic (exact) mass is 421 g/mol. The van der Waals surface area contributed by atoms with Crippen LogP contribution in [0.5, 0.6) is 0 Å². The maximum absolute atomic E-state index is 13.9. The third-order valence-electron chi connectivity index (χ3n) is 4.22. The maximum atomic E-state index is 13.9. The van der Waals surface area contributed by atoms with Gasteiger partial charge in [-0.15, -0.1) is 0 Å². The molecule has 0 aliphatic rings. The number of fused-ring (bicyclic) bond motifs is 1. The number of carbonyl (C=O) groups excluding carboxylic acids is 1. The molecule has 9 heteroatoms. The molecular weight excluding hydrogens is 405 g/mol. The molecule has 0 bridgehead atoms. The molecule has 1 amide bonds. The second-order valence-corrected chi connectivity index (χ2v) is 8.79. The molecule has 1 aromatic heterocycles. The molecule has 0 aliphatic carbocycles. The van der Waals surface area contributed by atoms with E-state index in [-0.39, 0.29) is 33.8 Å². The van der Waals surface area contributed by atoms with E-state index in [0.29, 0.717) is 16.4 Å². The largest absolute Gasteiger partial charge is 0.351 e. The zero-order valence-electron chi connectivity index (χ0n) is 15.2. The minimum absolute atomic E-state index is 0.00879. The smallest absolute Gasteiger partial charge is 0.253 e. The number of nitrogens with one attached hydrogen (secondary N) is 1. The van der Waals surface area contributed by atoms with Gasteiger partial charge in [-0.2, -0.15) is 0 Å². The van der Waals surface area contributed by atoms with E-state index in [1.807, 2.05) is 0 Å². The zero-order chi connectivity index (χ0) is 20.5. The lowest BCUT2D eigenvalue weighted by atomic mass is 10.1. The van der Waals surface area contributed by atoms with Crippen molar-refractivity contribution in [3.05, 3.63) is 64.2 Å². The molecule has 3 aromatic rings. The second kappa shape index (κ2) is 7.81. The van der Waals surface area contributed by atoms with Gasteiger partial charge in [-0.3, -0.25) is 4.79 Å². The molecule has 28 heavy (non-hydrogen) atoms. The molecule has 0 fully saturated rings. The van der Waals surface area contributed by atoms with E-state index in [9.17, 15) is 17.6 Å². The van der Waals surface area contributed by atoms with E-state index in [0.717, 1.165) is 6.07 Å². The molecule has 146 valence electrons. The summed E-state index contributed by atoms with van der Waals surface area (Å²) < 4.78 is 38.6. The Bertz CT molecular complexity index is 1170. The summed E-state index contributed by atoms with van der Waals surface area (Å²) in [6.07, 6.45) is 0. The number of aryl methyl sites for hydroxylation is 2. The number of sulfone groups is 1. The summed E-state index contributed by atoms with van der Waals surface area (Å²) in [7, 11) is -3.59. The maximum Gasteiger partial charge on any atom is 0.253 e. The topological polar surface area (TPSA) is 89.0 Å². The van der Waals surface area contributed by atoms with Gasteiger partial charge in [0.25, 0.3) is 5.91 Å². The zero-order valence-corrected chi connectivity index (χ0v) is 16.7. The Morgan fingerprint density at radius 1 is 1.11 bits per heavy atom. The van der Waals surface area contributed by atoms with E-state index >= 15 is 0 Å². The summed E-state index contributed by atoms with van der Waals surface area (Å²) in [4.78, 5) is 21.2. The number of nitrogens with zero attached hydrogens (tertiary/aromatic N) is 2. The first-order valence-electron chi connectivity index (χ1n) is 8.38. The average Bonchev–Trinajstić information content (AvgIpc) is 2.62. The predicted octanol–water partition coefficient (Wildman–Crippen LogP) is 3.24. The molecule has 6 nitrogen and oxygen atoms in total.